The Morgan fingerprint density at radius 1 is 1.25 bits per heavy atom. The Hall–Kier alpha value is -0.850. The Morgan fingerprint density at radius 3 is 2.50 bits per heavy atom. The van der Waals surface area contributed by atoms with Crippen LogP contribution in [0.3, 0.4) is 0 Å². The van der Waals surface area contributed by atoms with Crippen molar-refractivity contribution < 1.29 is 12.8 Å². The lowest BCUT2D eigenvalue weighted by atomic mass is 10.1. The fourth-order valence-electron chi connectivity index (χ4n) is 3.04. The topological polar surface area (TPSA) is 71.3 Å². The predicted octanol–water partition coefficient (Wildman–Crippen LogP) is 2.08. The van der Waals surface area contributed by atoms with Crippen LogP contribution >= 0.6 is 0 Å². The molecule has 1 aliphatic rings. The van der Waals surface area contributed by atoms with Crippen molar-refractivity contribution in [3.63, 3.8) is 0 Å². The Bertz CT molecular complexity index is 577. The molecule has 6 heteroatoms. The normalized spacial score (nSPS) is 23.4. The molecule has 2 N–H and O–H groups in total. The van der Waals surface area contributed by atoms with Gasteiger partial charge in [0, 0.05) is 18.2 Å². The van der Waals surface area contributed by atoms with E-state index in [0.29, 0.717) is 28.9 Å². The molecule has 0 spiro atoms. The van der Waals surface area contributed by atoms with Crippen LogP contribution in [0.5, 0.6) is 0 Å². The van der Waals surface area contributed by atoms with Crippen LogP contribution in [0, 0.1) is 19.8 Å². The summed E-state index contributed by atoms with van der Waals surface area (Å²) in [6, 6.07) is 0.0482. The van der Waals surface area contributed by atoms with Gasteiger partial charge in [-0.25, -0.2) is 13.1 Å². The first-order valence-electron chi connectivity index (χ1n) is 7.11. The van der Waals surface area contributed by atoms with Crippen LogP contribution in [-0.2, 0) is 16.6 Å². The standard InChI is InChI=1S/C14H24N2O3S/c1-9-5-6-12(7-9)16-20(17,18)14-11(3)19-10(2)13(14)8-15-4/h9,12,15-16H,5-8H2,1-4H3. The molecule has 2 atom stereocenters. The molecule has 1 fully saturated rings. The first-order valence-corrected chi connectivity index (χ1v) is 8.59. The summed E-state index contributed by atoms with van der Waals surface area (Å²) in [7, 11) is -1.72. The molecule has 20 heavy (non-hydrogen) atoms. The Labute approximate surface area is 121 Å². The molecule has 1 aliphatic carbocycles. The molecule has 114 valence electrons. The third-order valence-electron chi connectivity index (χ3n) is 3.96. The molecule has 2 rings (SSSR count). The first kappa shape index (κ1) is 15.5. The lowest BCUT2D eigenvalue weighted by Gasteiger charge is -2.14. The van der Waals surface area contributed by atoms with Crippen LogP contribution in [0.4, 0.5) is 0 Å². The van der Waals surface area contributed by atoms with E-state index in [1.54, 1.807) is 20.9 Å². The van der Waals surface area contributed by atoms with Crippen molar-refractivity contribution in [2.75, 3.05) is 7.05 Å². The summed E-state index contributed by atoms with van der Waals surface area (Å²) in [4.78, 5) is 0.309. The zero-order chi connectivity index (χ0) is 14.9. The van der Waals surface area contributed by atoms with Crippen LogP contribution in [0.25, 0.3) is 0 Å². The summed E-state index contributed by atoms with van der Waals surface area (Å²) in [6.07, 6.45) is 2.91. The van der Waals surface area contributed by atoms with Gasteiger partial charge in [0.25, 0.3) is 0 Å². The van der Waals surface area contributed by atoms with E-state index in [4.69, 9.17) is 4.42 Å². The van der Waals surface area contributed by atoms with Gasteiger partial charge in [0.2, 0.25) is 10.0 Å². The van der Waals surface area contributed by atoms with E-state index in [-0.39, 0.29) is 6.04 Å². The highest BCUT2D eigenvalue weighted by Crippen LogP contribution is 2.30. The molecule has 0 saturated heterocycles. The van der Waals surface area contributed by atoms with E-state index in [1.807, 2.05) is 0 Å². The molecule has 1 aromatic heterocycles. The predicted molar refractivity (Wildman–Crippen MR) is 78.1 cm³/mol. The number of hydrogen-bond acceptors (Lipinski definition) is 4. The lowest BCUT2D eigenvalue weighted by Crippen LogP contribution is -2.33. The zero-order valence-corrected chi connectivity index (χ0v) is 13.4. The summed E-state index contributed by atoms with van der Waals surface area (Å²) >= 11 is 0. The number of aryl methyl sites for hydroxylation is 2. The van der Waals surface area contributed by atoms with Crippen molar-refractivity contribution in [2.45, 2.75) is 57.5 Å². The lowest BCUT2D eigenvalue weighted by molar-refractivity contribution is 0.492. The van der Waals surface area contributed by atoms with Gasteiger partial charge < -0.3 is 9.73 Å². The molecule has 0 radical (unpaired) electrons. The molecular formula is C14H24N2O3S. The largest absolute Gasteiger partial charge is 0.465 e. The van der Waals surface area contributed by atoms with E-state index in [9.17, 15) is 8.42 Å². The van der Waals surface area contributed by atoms with Gasteiger partial charge in [-0.05, 0) is 46.1 Å². The minimum Gasteiger partial charge on any atom is -0.465 e. The van der Waals surface area contributed by atoms with Gasteiger partial charge in [-0.2, -0.15) is 0 Å². The fourth-order valence-corrected chi connectivity index (χ4v) is 4.77. The van der Waals surface area contributed by atoms with Crippen molar-refractivity contribution >= 4 is 10.0 Å². The number of nitrogens with one attached hydrogen (secondary N) is 2. The van der Waals surface area contributed by atoms with E-state index in [1.165, 1.54) is 0 Å². The molecule has 5 nitrogen and oxygen atoms in total. The summed E-state index contributed by atoms with van der Waals surface area (Å²) in [5.74, 6) is 1.72. The van der Waals surface area contributed by atoms with Gasteiger partial charge in [0.15, 0.2) is 0 Å². The van der Waals surface area contributed by atoms with E-state index in [2.05, 4.69) is 17.0 Å². The highest BCUT2D eigenvalue weighted by atomic mass is 32.2. The van der Waals surface area contributed by atoms with Crippen molar-refractivity contribution in [3.05, 3.63) is 17.1 Å². The maximum atomic E-state index is 12.6. The number of rotatable bonds is 5. The molecule has 0 amide bonds. The van der Waals surface area contributed by atoms with Gasteiger partial charge in [0.05, 0.1) is 0 Å². The fraction of sp³-hybridized carbons (Fsp3) is 0.714. The quantitative estimate of drug-likeness (QED) is 0.873. The molecule has 1 aromatic rings. The summed E-state index contributed by atoms with van der Waals surface area (Å²) in [6.45, 7) is 6.16. The summed E-state index contributed by atoms with van der Waals surface area (Å²) in [5, 5.41) is 3.00. The molecule has 1 heterocycles. The molecule has 0 aliphatic heterocycles. The summed E-state index contributed by atoms with van der Waals surface area (Å²) in [5.41, 5.74) is 0.726. The zero-order valence-electron chi connectivity index (χ0n) is 12.6. The average molecular weight is 300 g/mol. The van der Waals surface area contributed by atoms with Crippen LogP contribution in [0.2, 0.25) is 0 Å². The minimum absolute atomic E-state index is 0.0482. The van der Waals surface area contributed by atoms with Crippen molar-refractivity contribution in [1.29, 1.82) is 0 Å². The Morgan fingerprint density at radius 2 is 1.95 bits per heavy atom. The monoisotopic (exact) mass is 300 g/mol. The molecule has 0 bridgehead atoms. The molecular weight excluding hydrogens is 276 g/mol. The molecule has 1 saturated carbocycles. The second-order valence-corrected chi connectivity index (χ2v) is 7.44. The van der Waals surface area contributed by atoms with E-state index >= 15 is 0 Å². The van der Waals surface area contributed by atoms with Gasteiger partial charge in [-0.3, -0.25) is 0 Å². The molecule has 0 aromatic carbocycles. The highest BCUT2D eigenvalue weighted by Gasteiger charge is 2.31. The van der Waals surface area contributed by atoms with Gasteiger partial charge >= 0.3 is 0 Å². The third-order valence-corrected chi connectivity index (χ3v) is 5.68. The van der Waals surface area contributed by atoms with E-state index in [0.717, 1.165) is 24.8 Å². The van der Waals surface area contributed by atoms with Crippen LogP contribution in [-0.4, -0.2) is 21.5 Å². The summed E-state index contributed by atoms with van der Waals surface area (Å²) < 4.78 is 33.6. The third kappa shape index (κ3) is 3.07. The second kappa shape index (κ2) is 5.87. The van der Waals surface area contributed by atoms with Crippen LogP contribution < -0.4 is 10.0 Å². The van der Waals surface area contributed by atoms with Crippen LogP contribution in [0.1, 0.15) is 43.3 Å². The average Bonchev–Trinajstić information content (AvgIpc) is 2.84. The van der Waals surface area contributed by atoms with Crippen molar-refractivity contribution in [2.24, 2.45) is 5.92 Å². The minimum atomic E-state index is -3.51. The Kier molecular flexibility index (Phi) is 4.56. The number of hydrogen-bond donors (Lipinski definition) is 2. The van der Waals surface area contributed by atoms with Crippen LogP contribution in [0.15, 0.2) is 9.31 Å². The van der Waals surface area contributed by atoms with Crippen molar-refractivity contribution in [3.8, 4) is 0 Å². The number of sulfonamides is 1. The maximum absolute atomic E-state index is 12.6. The second-order valence-electron chi connectivity index (χ2n) is 5.79. The van der Waals surface area contributed by atoms with Gasteiger partial charge in [-0.15, -0.1) is 0 Å². The van der Waals surface area contributed by atoms with Gasteiger partial charge in [0.1, 0.15) is 16.4 Å². The highest BCUT2D eigenvalue weighted by molar-refractivity contribution is 7.89. The molecule has 2 unspecified atom stereocenters. The number of furan rings is 1. The smallest absolute Gasteiger partial charge is 0.244 e. The Balaban J connectivity index is 2.29. The maximum Gasteiger partial charge on any atom is 0.244 e. The SMILES string of the molecule is CNCc1c(C)oc(C)c1S(=O)(=O)NC1CCC(C)C1. The first-order chi connectivity index (χ1) is 9.35. The van der Waals surface area contributed by atoms with E-state index < -0.39 is 10.0 Å². The van der Waals surface area contributed by atoms with Gasteiger partial charge in [-0.1, -0.05) is 6.92 Å². The van der Waals surface area contributed by atoms with Crippen molar-refractivity contribution in [1.82, 2.24) is 10.0 Å².